The molecule has 0 aromatic heterocycles. The van der Waals surface area contributed by atoms with Gasteiger partial charge in [-0.25, -0.2) is 0 Å². The van der Waals surface area contributed by atoms with Crippen LogP contribution in [0.4, 0.5) is 4.48 Å². The van der Waals surface area contributed by atoms with Crippen molar-refractivity contribution in [1.29, 1.82) is 0 Å². The van der Waals surface area contributed by atoms with E-state index < -0.39 is 6.23 Å². The number of halogens is 1. The zero-order chi connectivity index (χ0) is 13.3. The molecule has 2 aliphatic rings. The number of aliphatic hydroxyl groups excluding tert-OH is 1. The molecule has 2 rings (SSSR count). The van der Waals surface area contributed by atoms with Crippen molar-refractivity contribution in [2.45, 2.75) is 25.2 Å². The summed E-state index contributed by atoms with van der Waals surface area (Å²) in [6.07, 6.45) is 2.51. The van der Waals surface area contributed by atoms with Crippen molar-refractivity contribution in [1.82, 2.24) is 10.0 Å². The van der Waals surface area contributed by atoms with Crippen LogP contribution in [0.1, 0.15) is 12.8 Å². The van der Waals surface area contributed by atoms with Crippen LogP contribution in [-0.4, -0.2) is 45.3 Å². The van der Waals surface area contributed by atoms with E-state index >= 15 is 0 Å². The molecule has 0 bridgehead atoms. The summed E-state index contributed by atoms with van der Waals surface area (Å²) in [7, 11) is 0. The van der Waals surface area contributed by atoms with Crippen LogP contribution in [0.2, 0.25) is 0 Å². The molecule has 1 saturated heterocycles. The molecule has 2 aliphatic heterocycles. The number of carbonyl (C=O) groups is 1. The first-order valence-corrected chi connectivity index (χ1v) is 5.90. The monoisotopic (exact) mass is 272 g/mol. The van der Waals surface area contributed by atoms with Crippen LogP contribution in [-0.2, 0) is 9.53 Å². The summed E-state index contributed by atoms with van der Waals surface area (Å²) in [6.45, 7) is 3.49. The molecule has 0 aliphatic carbocycles. The van der Waals surface area contributed by atoms with Gasteiger partial charge in [-0.05, 0) is 12.8 Å². The van der Waals surface area contributed by atoms with E-state index in [1.807, 2.05) is 0 Å². The highest BCUT2D eigenvalue weighted by Gasteiger charge is 2.35. The minimum atomic E-state index is -0.439. The third-order valence-electron chi connectivity index (χ3n) is 2.95. The van der Waals surface area contributed by atoms with Gasteiger partial charge in [0.2, 0.25) is 0 Å². The fourth-order valence-corrected chi connectivity index (χ4v) is 2.17. The van der Waals surface area contributed by atoms with Crippen LogP contribution >= 0.6 is 12.2 Å². The smallest absolute Gasteiger partial charge is 0.154 e. The Bertz CT molecular complexity index is 427. The maximum Gasteiger partial charge on any atom is 0.154 e. The van der Waals surface area contributed by atoms with Crippen LogP contribution in [0.25, 0.3) is 0 Å². The molecule has 2 atom stereocenters. The number of ether oxygens (including phenoxy) is 1. The summed E-state index contributed by atoms with van der Waals surface area (Å²) < 4.78 is 19.3. The van der Waals surface area contributed by atoms with Gasteiger partial charge in [0.15, 0.2) is 11.3 Å². The molecule has 18 heavy (non-hydrogen) atoms. The Morgan fingerprint density at radius 2 is 2.39 bits per heavy atom. The number of carbonyl (C=O) groups excluding carboxylic acids is 1. The van der Waals surface area contributed by atoms with Crippen LogP contribution in [0, 0.1) is 0 Å². The van der Waals surface area contributed by atoms with E-state index in [4.69, 9.17) is 22.1 Å². The highest BCUT2D eigenvalue weighted by atomic mass is 32.1. The first-order valence-electron chi connectivity index (χ1n) is 5.49. The third-order valence-corrected chi connectivity index (χ3v) is 3.35. The van der Waals surface area contributed by atoms with Gasteiger partial charge in [-0.3, -0.25) is 4.79 Å². The quantitative estimate of drug-likeness (QED) is 0.467. The lowest BCUT2D eigenvalue weighted by molar-refractivity contribution is -0.105. The molecule has 98 valence electrons. The largest absolute Gasteiger partial charge is 0.394 e. The Kier molecular flexibility index (Phi) is 3.74. The average molecular weight is 272 g/mol. The Morgan fingerprint density at radius 1 is 1.67 bits per heavy atom. The molecule has 2 heterocycles. The van der Waals surface area contributed by atoms with Gasteiger partial charge in [0, 0.05) is 6.20 Å². The Hall–Kier alpha value is -1.31. The second kappa shape index (κ2) is 5.13. The summed E-state index contributed by atoms with van der Waals surface area (Å²) in [5.41, 5.74) is 0.0657. The van der Waals surface area contributed by atoms with E-state index in [0.29, 0.717) is 19.1 Å². The van der Waals surface area contributed by atoms with Crippen LogP contribution in [0.5, 0.6) is 0 Å². The van der Waals surface area contributed by atoms with E-state index in [1.165, 1.54) is 11.1 Å². The standard InChI is InChI=1S/C11H13FN2O3S/c1-7-13(10-3-2-9(6-16)17-10)4-8(5-15)11(18)14(7)12/h4-5,9-10,16H,1-3,6H2. The molecule has 5 nitrogen and oxygen atoms in total. The summed E-state index contributed by atoms with van der Waals surface area (Å²) >= 11 is 4.78. The van der Waals surface area contributed by atoms with E-state index in [1.54, 1.807) is 0 Å². The predicted molar refractivity (Wildman–Crippen MR) is 65.7 cm³/mol. The molecule has 0 radical (unpaired) electrons. The highest BCUT2D eigenvalue weighted by molar-refractivity contribution is 7.80. The van der Waals surface area contributed by atoms with Gasteiger partial charge in [-0.1, -0.05) is 23.3 Å². The van der Waals surface area contributed by atoms with Gasteiger partial charge in [-0.15, -0.1) is 0 Å². The van der Waals surface area contributed by atoms with E-state index in [9.17, 15) is 9.28 Å². The Balaban J connectivity index is 2.22. The summed E-state index contributed by atoms with van der Waals surface area (Å²) in [6, 6.07) is 0. The maximum absolute atomic E-state index is 13.7. The SMILES string of the molecule is C=C1N(F)C(=S)C(C=O)=CN1C1CCC(CO)O1. The molecule has 1 fully saturated rings. The molecule has 7 heteroatoms. The molecule has 0 aromatic carbocycles. The van der Waals surface area contributed by atoms with Crippen molar-refractivity contribution < 1.29 is 19.1 Å². The van der Waals surface area contributed by atoms with Gasteiger partial charge >= 0.3 is 0 Å². The summed E-state index contributed by atoms with van der Waals surface area (Å²) in [5, 5.41) is 9.19. The molecule has 0 aromatic rings. The zero-order valence-corrected chi connectivity index (χ0v) is 10.4. The van der Waals surface area contributed by atoms with E-state index in [-0.39, 0.29) is 34.2 Å². The van der Waals surface area contributed by atoms with Crippen LogP contribution < -0.4 is 0 Å². The molecule has 0 amide bonds. The first kappa shape index (κ1) is 13.1. The minimum Gasteiger partial charge on any atom is -0.394 e. The topological polar surface area (TPSA) is 53.0 Å². The fourth-order valence-electron chi connectivity index (χ4n) is 1.97. The van der Waals surface area contributed by atoms with Crippen molar-refractivity contribution >= 4 is 23.5 Å². The lowest BCUT2D eigenvalue weighted by Gasteiger charge is -2.35. The van der Waals surface area contributed by atoms with Gasteiger partial charge in [0.05, 0.1) is 18.3 Å². The summed E-state index contributed by atoms with van der Waals surface area (Å²) in [5.74, 6) is 0.00851. The van der Waals surface area contributed by atoms with E-state index in [2.05, 4.69) is 6.58 Å². The lowest BCUT2D eigenvalue weighted by atomic mass is 10.2. The van der Waals surface area contributed by atoms with Gasteiger partial charge < -0.3 is 14.7 Å². The number of hydrogen-bond acceptors (Lipinski definition) is 5. The van der Waals surface area contributed by atoms with Crippen molar-refractivity contribution in [3.8, 4) is 0 Å². The molecule has 1 N–H and O–H groups in total. The number of rotatable bonds is 3. The van der Waals surface area contributed by atoms with Crippen molar-refractivity contribution in [2.75, 3.05) is 6.61 Å². The number of thiocarbonyl (C=S) groups is 1. The summed E-state index contributed by atoms with van der Waals surface area (Å²) in [4.78, 5) is 12.0. The highest BCUT2D eigenvalue weighted by Crippen LogP contribution is 2.30. The van der Waals surface area contributed by atoms with Crippen molar-refractivity contribution in [3.63, 3.8) is 0 Å². The number of nitrogens with zero attached hydrogens (tertiary/aromatic N) is 2. The Morgan fingerprint density at radius 3 is 2.94 bits per heavy atom. The molecule has 0 spiro atoms. The van der Waals surface area contributed by atoms with E-state index in [0.717, 1.165) is 0 Å². The lowest BCUT2D eigenvalue weighted by Crippen LogP contribution is -2.42. The second-order valence-electron chi connectivity index (χ2n) is 4.08. The molecular formula is C11H13FN2O3S. The Labute approximate surface area is 109 Å². The number of aldehydes is 1. The zero-order valence-electron chi connectivity index (χ0n) is 9.58. The first-order chi connectivity index (χ1) is 8.58. The fraction of sp³-hybridized carbons (Fsp3) is 0.455. The maximum atomic E-state index is 13.7. The molecule has 2 unspecified atom stereocenters. The third kappa shape index (κ3) is 2.16. The number of hydrogen-bond donors (Lipinski definition) is 1. The predicted octanol–water partition coefficient (Wildman–Crippen LogP) is 0.867. The average Bonchev–Trinajstić information content (AvgIpc) is 2.85. The van der Waals surface area contributed by atoms with Gasteiger partial charge in [-0.2, -0.15) is 5.12 Å². The second-order valence-corrected chi connectivity index (χ2v) is 4.47. The minimum absolute atomic E-state index is 0.00851. The molecular weight excluding hydrogens is 259 g/mol. The van der Waals surface area contributed by atoms with Crippen LogP contribution in [0.3, 0.4) is 0 Å². The van der Waals surface area contributed by atoms with Gasteiger partial charge in [0.1, 0.15) is 12.0 Å². The van der Waals surface area contributed by atoms with Crippen molar-refractivity contribution in [3.05, 3.63) is 24.2 Å². The van der Waals surface area contributed by atoms with Crippen molar-refractivity contribution in [2.24, 2.45) is 0 Å². The van der Waals surface area contributed by atoms with Crippen LogP contribution in [0.15, 0.2) is 24.2 Å². The number of aliphatic hydroxyl groups is 1. The molecule has 0 saturated carbocycles. The normalized spacial score (nSPS) is 28.7. The van der Waals surface area contributed by atoms with Gasteiger partial charge in [0.25, 0.3) is 0 Å².